The molecule has 1 aliphatic heterocycles. The number of hydrogen-bond donors (Lipinski definition) is 3. The number of aliphatic imine (C=N–C) groups is 1. The van der Waals surface area contributed by atoms with Crippen LogP contribution in [0, 0.1) is 0 Å². The summed E-state index contributed by atoms with van der Waals surface area (Å²) in [4.78, 5) is 27.6. The molecule has 0 saturated carbocycles. The number of nitrogens with one attached hydrogen (secondary N) is 3. The zero-order valence-corrected chi connectivity index (χ0v) is 13.3. The third-order valence-electron chi connectivity index (χ3n) is 3.56. The first-order valence-corrected chi connectivity index (χ1v) is 7.69. The number of hydrogen-bond acceptors (Lipinski definition) is 4. The van der Waals surface area contributed by atoms with Crippen molar-refractivity contribution in [2.45, 2.75) is 6.92 Å². The van der Waals surface area contributed by atoms with Crippen LogP contribution in [0.5, 0.6) is 0 Å². The average Bonchev–Trinajstić information content (AvgIpc) is 3.10. The van der Waals surface area contributed by atoms with Gasteiger partial charge in [0, 0.05) is 36.0 Å². The Morgan fingerprint density at radius 2 is 1.58 bits per heavy atom. The van der Waals surface area contributed by atoms with Gasteiger partial charge in [0.05, 0.1) is 6.54 Å². The van der Waals surface area contributed by atoms with E-state index in [1.807, 2.05) is 24.3 Å². The first kappa shape index (κ1) is 15.7. The van der Waals surface area contributed by atoms with Gasteiger partial charge in [0.15, 0.2) is 0 Å². The molecule has 1 heterocycles. The van der Waals surface area contributed by atoms with Crippen LogP contribution < -0.4 is 16.0 Å². The molecule has 3 rings (SSSR count). The molecule has 0 aliphatic carbocycles. The molecule has 0 atom stereocenters. The van der Waals surface area contributed by atoms with Crippen molar-refractivity contribution in [1.82, 2.24) is 5.32 Å². The van der Waals surface area contributed by atoms with Crippen LogP contribution >= 0.6 is 0 Å². The van der Waals surface area contributed by atoms with E-state index in [-0.39, 0.29) is 11.8 Å². The number of carbonyl (C=O) groups is 2. The molecular formula is C18H18N4O2. The molecule has 2 aromatic rings. The van der Waals surface area contributed by atoms with Crippen molar-refractivity contribution in [2.24, 2.45) is 4.99 Å². The van der Waals surface area contributed by atoms with E-state index in [4.69, 9.17) is 0 Å². The van der Waals surface area contributed by atoms with Gasteiger partial charge in [-0.1, -0.05) is 0 Å². The Bertz CT molecular complexity index is 780. The SMILES string of the molecule is CC(=O)Nc1ccc(C(=O)Nc2ccc(C3=NCCN3)cc2)cc1. The maximum atomic E-state index is 12.3. The number of amidine groups is 1. The second kappa shape index (κ2) is 6.95. The number of nitrogens with zero attached hydrogens (tertiary/aromatic N) is 1. The number of anilines is 2. The minimum absolute atomic E-state index is 0.145. The van der Waals surface area contributed by atoms with Gasteiger partial charge in [0.2, 0.25) is 5.91 Å². The molecule has 1 aliphatic rings. The molecule has 6 nitrogen and oxygen atoms in total. The van der Waals surface area contributed by atoms with Crippen molar-refractivity contribution in [3.05, 3.63) is 59.7 Å². The lowest BCUT2D eigenvalue weighted by molar-refractivity contribution is -0.114. The van der Waals surface area contributed by atoms with Gasteiger partial charge in [-0.15, -0.1) is 0 Å². The highest BCUT2D eigenvalue weighted by atomic mass is 16.2. The van der Waals surface area contributed by atoms with E-state index >= 15 is 0 Å². The Hall–Kier alpha value is -3.15. The van der Waals surface area contributed by atoms with Gasteiger partial charge in [-0.3, -0.25) is 14.6 Å². The van der Waals surface area contributed by atoms with Crippen LogP contribution in [0.25, 0.3) is 0 Å². The second-order valence-electron chi connectivity index (χ2n) is 5.45. The molecule has 0 aromatic heterocycles. The van der Waals surface area contributed by atoms with Crippen molar-refractivity contribution in [3.8, 4) is 0 Å². The van der Waals surface area contributed by atoms with Crippen LogP contribution in [-0.4, -0.2) is 30.7 Å². The fraction of sp³-hybridized carbons (Fsp3) is 0.167. The second-order valence-corrected chi connectivity index (χ2v) is 5.45. The smallest absolute Gasteiger partial charge is 0.255 e. The molecule has 2 amide bonds. The summed E-state index contributed by atoms with van der Waals surface area (Å²) in [6.07, 6.45) is 0. The summed E-state index contributed by atoms with van der Waals surface area (Å²) in [7, 11) is 0. The minimum Gasteiger partial charge on any atom is -0.368 e. The highest BCUT2D eigenvalue weighted by Crippen LogP contribution is 2.14. The zero-order valence-electron chi connectivity index (χ0n) is 13.3. The van der Waals surface area contributed by atoms with Crippen LogP contribution in [0.15, 0.2) is 53.5 Å². The Morgan fingerprint density at radius 1 is 0.958 bits per heavy atom. The van der Waals surface area contributed by atoms with E-state index in [1.54, 1.807) is 24.3 Å². The quantitative estimate of drug-likeness (QED) is 0.807. The molecule has 122 valence electrons. The minimum atomic E-state index is -0.201. The van der Waals surface area contributed by atoms with E-state index in [1.165, 1.54) is 6.92 Å². The van der Waals surface area contributed by atoms with Crippen molar-refractivity contribution in [1.29, 1.82) is 0 Å². The molecule has 2 aromatic carbocycles. The summed E-state index contributed by atoms with van der Waals surface area (Å²) in [6, 6.07) is 14.3. The van der Waals surface area contributed by atoms with Crippen molar-refractivity contribution in [3.63, 3.8) is 0 Å². The van der Waals surface area contributed by atoms with Crippen molar-refractivity contribution < 1.29 is 9.59 Å². The van der Waals surface area contributed by atoms with Crippen LogP contribution in [0.3, 0.4) is 0 Å². The van der Waals surface area contributed by atoms with E-state index < -0.39 is 0 Å². The fourth-order valence-electron chi connectivity index (χ4n) is 2.41. The van der Waals surface area contributed by atoms with Crippen LogP contribution in [0.4, 0.5) is 11.4 Å². The van der Waals surface area contributed by atoms with Gasteiger partial charge in [-0.2, -0.15) is 0 Å². The maximum Gasteiger partial charge on any atom is 0.255 e. The molecule has 3 N–H and O–H groups in total. The van der Waals surface area contributed by atoms with E-state index in [0.717, 1.165) is 24.5 Å². The number of rotatable bonds is 4. The monoisotopic (exact) mass is 322 g/mol. The summed E-state index contributed by atoms with van der Waals surface area (Å²) in [5.41, 5.74) is 2.90. The van der Waals surface area contributed by atoms with Crippen LogP contribution in [0.2, 0.25) is 0 Å². The number of amides is 2. The van der Waals surface area contributed by atoms with Gasteiger partial charge in [-0.25, -0.2) is 0 Å². The standard InChI is InChI=1S/C18H18N4O2/c1-12(23)21-15-8-4-14(5-9-15)18(24)22-16-6-2-13(3-7-16)17-19-10-11-20-17/h2-9H,10-11H2,1H3,(H,19,20)(H,21,23)(H,22,24). The van der Waals surface area contributed by atoms with E-state index in [0.29, 0.717) is 16.9 Å². The molecular weight excluding hydrogens is 304 g/mol. The summed E-state index contributed by atoms with van der Waals surface area (Å²) < 4.78 is 0. The van der Waals surface area contributed by atoms with E-state index in [9.17, 15) is 9.59 Å². The topological polar surface area (TPSA) is 82.6 Å². The van der Waals surface area contributed by atoms with Gasteiger partial charge in [0.1, 0.15) is 5.84 Å². The molecule has 0 saturated heterocycles. The van der Waals surface area contributed by atoms with Crippen molar-refractivity contribution in [2.75, 3.05) is 23.7 Å². The van der Waals surface area contributed by atoms with Gasteiger partial charge in [0.25, 0.3) is 5.91 Å². The Morgan fingerprint density at radius 3 is 2.17 bits per heavy atom. The maximum absolute atomic E-state index is 12.3. The molecule has 0 fully saturated rings. The highest BCUT2D eigenvalue weighted by molar-refractivity contribution is 6.05. The van der Waals surface area contributed by atoms with Gasteiger partial charge in [-0.05, 0) is 48.5 Å². The fourth-order valence-corrected chi connectivity index (χ4v) is 2.41. The van der Waals surface area contributed by atoms with Crippen molar-refractivity contribution >= 4 is 29.0 Å². The molecule has 0 unspecified atom stereocenters. The normalized spacial score (nSPS) is 13.0. The Labute approximate surface area is 140 Å². The summed E-state index contributed by atoms with van der Waals surface area (Å²) in [5, 5.41) is 8.73. The van der Waals surface area contributed by atoms with Crippen LogP contribution in [-0.2, 0) is 4.79 Å². The Kier molecular flexibility index (Phi) is 4.56. The zero-order chi connectivity index (χ0) is 16.9. The molecule has 0 spiro atoms. The number of benzene rings is 2. The van der Waals surface area contributed by atoms with E-state index in [2.05, 4.69) is 20.9 Å². The summed E-state index contributed by atoms with van der Waals surface area (Å²) in [6.45, 7) is 3.10. The lowest BCUT2D eigenvalue weighted by Gasteiger charge is -2.08. The lowest BCUT2D eigenvalue weighted by Crippen LogP contribution is -2.19. The summed E-state index contributed by atoms with van der Waals surface area (Å²) in [5.74, 6) is 0.545. The highest BCUT2D eigenvalue weighted by Gasteiger charge is 2.09. The molecule has 24 heavy (non-hydrogen) atoms. The first-order chi connectivity index (χ1) is 11.6. The predicted molar refractivity (Wildman–Crippen MR) is 94.5 cm³/mol. The van der Waals surface area contributed by atoms with Gasteiger partial charge < -0.3 is 16.0 Å². The average molecular weight is 322 g/mol. The molecule has 0 radical (unpaired) electrons. The predicted octanol–water partition coefficient (Wildman–Crippen LogP) is 2.25. The lowest BCUT2D eigenvalue weighted by atomic mass is 10.1. The molecule has 6 heteroatoms. The van der Waals surface area contributed by atoms with Gasteiger partial charge >= 0.3 is 0 Å². The summed E-state index contributed by atoms with van der Waals surface area (Å²) >= 11 is 0. The third-order valence-corrected chi connectivity index (χ3v) is 3.56. The Balaban J connectivity index is 1.64. The third kappa shape index (κ3) is 3.78. The number of carbonyl (C=O) groups excluding carboxylic acids is 2. The molecule has 0 bridgehead atoms. The first-order valence-electron chi connectivity index (χ1n) is 7.69. The van der Waals surface area contributed by atoms with Crippen LogP contribution in [0.1, 0.15) is 22.8 Å². The largest absolute Gasteiger partial charge is 0.368 e.